The van der Waals surface area contributed by atoms with Crippen molar-refractivity contribution in [2.45, 2.75) is 23.8 Å². The molecule has 1 aliphatic rings. The van der Waals surface area contributed by atoms with Gasteiger partial charge in [-0.25, -0.2) is 0 Å². The summed E-state index contributed by atoms with van der Waals surface area (Å²) in [5.74, 6) is 1.48. The maximum absolute atomic E-state index is 13.0. The molecule has 2 atom stereocenters. The van der Waals surface area contributed by atoms with Crippen LogP contribution in [0.1, 0.15) is 34.8 Å². The highest BCUT2D eigenvalue weighted by Gasteiger charge is 2.32. The van der Waals surface area contributed by atoms with E-state index in [0.717, 1.165) is 29.9 Å². The Balaban J connectivity index is 1.90. The fraction of sp³-hybridized carbons (Fsp3) is 0.350. The monoisotopic (exact) mass is 373 g/mol. The molecule has 0 spiro atoms. The van der Waals surface area contributed by atoms with E-state index < -0.39 is 10.8 Å². The highest BCUT2D eigenvalue weighted by molar-refractivity contribution is 7.84. The average molecular weight is 373 g/mol. The molecule has 0 bridgehead atoms. The second kappa shape index (κ2) is 7.91. The molecular formula is C20H23NO4S. The molecule has 26 heavy (non-hydrogen) atoms. The Morgan fingerprint density at radius 1 is 1.12 bits per heavy atom. The van der Waals surface area contributed by atoms with E-state index in [1.807, 2.05) is 23.1 Å². The zero-order valence-corrected chi connectivity index (χ0v) is 16.0. The van der Waals surface area contributed by atoms with E-state index in [1.54, 1.807) is 44.7 Å². The van der Waals surface area contributed by atoms with Gasteiger partial charge in [-0.05, 0) is 55.3 Å². The van der Waals surface area contributed by atoms with E-state index in [2.05, 4.69) is 0 Å². The molecule has 0 aliphatic carbocycles. The van der Waals surface area contributed by atoms with Gasteiger partial charge in [-0.2, -0.15) is 0 Å². The maximum Gasteiger partial charge on any atom is 0.254 e. The van der Waals surface area contributed by atoms with E-state index in [4.69, 9.17) is 9.47 Å². The zero-order chi connectivity index (χ0) is 18.7. The van der Waals surface area contributed by atoms with Gasteiger partial charge in [-0.1, -0.05) is 0 Å². The van der Waals surface area contributed by atoms with Gasteiger partial charge in [0.05, 0.1) is 20.3 Å². The van der Waals surface area contributed by atoms with Crippen LogP contribution in [0.4, 0.5) is 0 Å². The molecule has 1 heterocycles. The molecule has 2 unspecified atom stereocenters. The van der Waals surface area contributed by atoms with Crippen molar-refractivity contribution in [3.63, 3.8) is 0 Å². The largest absolute Gasteiger partial charge is 0.497 e. The van der Waals surface area contributed by atoms with E-state index in [1.165, 1.54) is 0 Å². The van der Waals surface area contributed by atoms with Crippen molar-refractivity contribution in [2.75, 3.05) is 27.0 Å². The van der Waals surface area contributed by atoms with Gasteiger partial charge in [0, 0.05) is 39.6 Å². The first-order chi connectivity index (χ1) is 12.5. The summed E-state index contributed by atoms with van der Waals surface area (Å²) in [4.78, 5) is 15.6. The molecule has 0 aromatic heterocycles. The van der Waals surface area contributed by atoms with Crippen molar-refractivity contribution in [3.05, 3.63) is 53.6 Å². The van der Waals surface area contributed by atoms with Gasteiger partial charge < -0.3 is 14.4 Å². The number of rotatable bonds is 5. The van der Waals surface area contributed by atoms with Crippen LogP contribution in [0.2, 0.25) is 0 Å². The molecule has 6 heteroatoms. The van der Waals surface area contributed by atoms with Crippen LogP contribution < -0.4 is 9.47 Å². The number of nitrogens with zero attached hydrogens (tertiary/aromatic N) is 1. The molecule has 2 aromatic rings. The lowest BCUT2D eigenvalue weighted by molar-refractivity contribution is 0.0734. The quantitative estimate of drug-likeness (QED) is 0.806. The second-order valence-electron chi connectivity index (χ2n) is 6.24. The molecule has 1 saturated heterocycles. The molecule has 1 amide bonds. The lowest BCUT2D eigenvalue weighted by Gasteiger charge is -2.27. The summed E-state index contributed by atoms with van der Waals surface area (Å²) in [7, 11) is 2.21. The normalized spacial score (nSPS) is 17.8. The maximum atomic E-state index is 13.0. The van der Waals surface area contributed by atoms with Gasteiger partial charge in [0.1, 0.15) is 11.5 Å². The second-order valence-corrected chi connectivity index (χ2v) is 7.62. The Labute approximate surface area is 156 Å². The molecule has 5 nitrogen and oxygen atoms in total. The summed E-state index contributed by atoms with van der Waals surface area (Å²) in [5, 5.41) is 0. The predicted molar refractivity (Wildman–Crippen MR) is 101 cm³/mol. The average Bonchev–Trinajstić information content (AvgIpc) is 3.16. The Morgan fingerprint density at radius 2 is 1.85 bits per heavy atom. The molecule has 2 aromatic carbocycles. The molecule has 0 N–H and O–H groups in total. The number of amides is 1. The number of hydrogen-bond acceptors (Lipinski definition) is 4. The van der Waals surface area contributed by atoms with Gasteiger partial charge >= 0.3 is 0 Å². The minimum absolute atomic E-state index is 0.0224. The summed E-state index contributed by atoms with van der Waals surface area (Å²) in [6.07, 6.45) is 3.45. The molecule has 138 valence electrons. The van der Waals surface area contributed by atoms with Crippen LogP contribution >= 0.6 is 0 Å². The molecule has 0 saturated carbocycles. The van der Waals surface area contributed by atoms with E-state index >= 15 is 0 Å². The fourth-order valence-electron chi connectivity index (χ4n) is 3.39. The fourth-order valence-corrected chi connectivity index (χ4v) is 3.91. The zero-order valence-electron chi connectivity index (χ0n) is 15.2. The number of methoxy groups -OCH3 is 2. The predicted octanol–water partition coefficient (Wildman–Crippen LogP) is 3.42. The third kappa shape index (κ3) is 3.60. The molecule has 3 rings (SSSR count). The Kier molecular flexibility index (Phi) is 5.61. The van der Waals surface area contributed by atoms with Crippen LogP contribution in [-0.2, 0) is 10.8 Å². The number of benzene rings is 2. The van der Waals surface area contributed by atoms with Crippen LogP contribution in [0.3, 0.4) is 0 Å². The van der Waals surface area contributed by atoms with Crippen LogP contribution in [0, 0.1) is 0 Å². The van der Waals surface area contributed by atoms with E-state index in [0.29, 0.717) is 17.0 Å². The number of carbonyl (C=O) groups is 1. The van der Waals surface area contributed by atoms with E-state index in [9.17, 15) is 9.00 Å². The third-order valence-corrected chi connectivity index (χ3v) is 5.68. The summed E-state index contributed by atoms with van der Waals surface area (Å²) >= 11 is 0. The van der Waals surface area contributed by atoms with Crippen LogP contribution in [-0.4, -0.2) is 42.0 Å². The van der Waals surface area contributed by atoms with Crippen LogP contribution in [0.25, 0.3) is 0 Å². The van der Waals surface area contributed by atoms with Crippen LogP contribution in [0.5, 0.6) is 11.5 Å². The number of carbonyl (C=O) groups excluding carboxylic acids is 1. The SMILES string of the molecule is COc1ccc(OC)c(C2CCCN2C(=O)c2ccc(S(C)=O)cc2)c1. The van der Waals surface area contributed by atoms with Crippen LogP contribution in [0.15, 0.2) is 47.4 Å². The van der Waals surface area contributed by atoms with Gasteiger partial charge in [0.25, 0.3) is 5.91 Å². The standard InChI is InChI=1S/C20H23NO4S/c1-24-15-8-11-19(25-2)17(13-15)18-5-4-12-21(18)20(22)14-6-9-16(10-7-14)26(3)23/h6-11,13,18H,4-5,12H2,1-3H3. The summed E-state index contributed by atoms with van der Waals surface area (Å²) in [6.45, 7) is 0.700. The molecular weight excluding hydrogens is 350 g/mol. The summed E-state index contributed by atoms with van der Waals surface area (Å²) in [6, 6.07) is 12.6. The first-order valence-electron chi connectivity index (χ1n) is 8.51. The topological polar surface area (TPSA) is 55.8 Å². The van der Waals surface area contributed by atoms with Gasteiger partial charge in [0.2, 0.25) is 0 Å². The van der Waals surface area contributed by atoms with Crippen molar-refractivity contribution in [2.24, 2.45) is 0 Å². The minimum Gasteiger partial charge on any atom is -0.497 e. The minimum atomic E-state index is -1.05. The van der Waals surface area contributed by atoms with Crippen molar-refractivity contribution < 1.29 is 18.5 Å². The number of ether oxygens (including phenoxy) is 2. The Bertz CT molecular complexity index is 819. The lowest BCUT2D eigenvalue weighted by atomic mass is 10.0. The Morgan fingerprint density at radius 3 is 2.46 bits per heavy atom. The smallest absolute Gasteiger partial charge is 0.254 e. The van der Waals surface area contributed by atoms with Crippen molar-refractivity contribution in [1.82, 2.24) is 4.90 Å². The summed E-state index contributed by atoms with van der Waals surface area (Å²) in [5.41, 5.74) is 1.57. The first-order valence-corrected chi connectivity index (χ1v) is 10.1. The third-order valence-electron chi connectivity index (χ3n) is 4.74. The van der Waals surface area contributed by atoms with Crippen molar-refractivity contribution in [3.8, 4) is 11.5 Å². The highest BCUT2D eigenvalue weighted by atomic mass is 32.2. The summed E-state index contributed by atoms with van der Waals surface area (Å²) < 4.78 is 22.4. The Hall–Kier alpha value is -2.34. The number of likely N-dealkylation sites (tertiary alicyclic amines) is 1. The van der Waals surface area contributed by atoms with Crippen molar-refractivity contribution >= 4 is 16.7 Å². The number of hydrogen-bond donors (Lipinski definition) is 0. The van der Waals surface area contributed by atoms with E-state index in [-0.39, 0.29) is 11.9 Å². The van der Waals surface area contributed by atoms with Gasteiger partial charge in [-0.3, -0.25) is 9.00 Å². The molecule has 1 aliphatic heterocycles. The highest BCUT2D eigenvalue weighted by Crippen LogP contribution is 2.39. The van der Waals surface area contributed by atoms with Gasteiger partial charge in [-0.15, -0.1) is 0 Å². The first kappa shape index (κ1) is 18.5. The lowest BCUT2D eigenvalue weighted by Crippen LogP contribution is -2.30. The van der Waals surface area contributed by atoms with Crippen molar-refractivity contribution in [1.29, 1.82) is 0 Å². The van der Waals surface area contributed by atoms with Gasteiger partial charge in [0.15, 0.2) is 0 Å². The molecule has 0 radical (unpaired) electrons. The molecule has 1 fully saturated rings.